The van der Waals surface area contributed by atoms with Crippen molar-refractivity contribution in [2.45, 2.75) is 30.6 Å². The third-order valence-electron chi connectivity index (χ3n) is 5.63. The summed E-state index contributed by atoms with van der Waals surface area (Å²) in [6.07, 6.45) is 2.09. The topological polar surface area (TPSA) is 57.0 Å². The normalized spacial score (nSPS) is 16.0. The van der Waals surface area contributed by atoms with Crippen LogP contribution in [-0.4, -0.2) is 39.0 Å². The number of thioether (sulfide) groups is 1. The van der Waals surface area contributed by atoms with Crippen LogP contribution >= 0.6 is 11.8 Å². The molecule has 7 heteroatoms. The Morgan fingerprint density at radius 1 is 1.06 bits per heavy atom. The molecule has 0 amide bonds. The van der Waals surface area contributed by atoms with Crippen LogP contribution < -0.4 is 0 Å². The highest BCUT2D eigenvalue weighted by molar-refractivity contribution is 7.99. The molecule has 0 saturated carbocycles. The van der Waals surface area contributed by atoms with E-state index in [2.05, 4.69) is 10.2 Å². The molecular weight excluding hydrogens is 425 g/mol. The van der Waals surface area contributed by atoms with Crippen molar-refractivity contribution in [3.05, 3.63) is 78.1 Å². The number of halogens is 1. The molecule has 3 aromatic carbocycles. The van der Waals surface area contributed by atoms with Gasteiger partial charge < -0.3 is 4.74 Å². The molecule has 1 fully saturated rings. The number of aromatic nitrogens is 3. The van der Waals surface area contributed by atoms with E-state index in [0.29, 0.717) is 23.1 Å². The van der Waals surface area contributed by atoms with Gasteiger partial charge in [-0.15, -0.1) is 10.2 Å². The van der Waals surface area contributed by atoms with Crippen molar-refractivity contribution in [3.8, 4) is 11.4 Å². The van der Waals surface area contributed by atoms with Crippen LogP contribution in [-0.2, 0) is 11.3 Å². The Balaban J connectivity index is 1.38. The molecule has 5 nitrogen and oxygen atoms in total. The number of ketones is 1. The van der Waals surface area contributed by atoms with Crippen LogP contribution in [0.4, 0.5) is 4.39 Å². The number of carbonyl (C=O) groups excluding carboxylic acids is 1. The number of nitrogens with zero attached hydrogens (tertiary/aromatic N) is 3. The minimum absolute atomic E-state index is 0.0377. The molecule has 1 saturated heterocycles. The van der Waals surface area contributed by atoms with Gasteiger partial charge in [0.2, 0.25) is 0 Å². The fourth-order valence-electron chi connectivity index (χ4n) is 3.94. The van der Waals surface area contributed by atoms with E-state index < -0.39 is 0 Å². The van der Waals surface area contributed by atoms with Gasteiger partial charge in [0.25, 0.3) is 0 Å². The Morgan fingerprint density at radius 2 is 1.88 bits per heavy atom. The molecule has 0 N–H and O–H groups in total. The van der Waals surface area contributed by atoms with Crippen LogP contribution in [0.2, 0.25) is 0 Å². The van der Waals surface area contributed by atoms with Crippen molar-refractivity contribution in [2.75, 3.05) is 12.4 Å². The summed E-state index contributed by atoms with van der Waals surface area (Å²) in [4.78, 5) is 12.9. The highest BCUT2D eigenvalue weighted by Gasteiger charge is 2.22. The number of carbonyl (C=O) groups is 1. The van der Waals surface area contributed by atoms with Gasteiger partial charge in [0.15, 0.2) is 16.8 Å². The lowest BCUT2D eigenvalue weighted by Crippen LogP contribution is -2.17. The molecule has 0 radical (unpaired) electrons. The highest BCUT2D eigenvalue weighted by Crippen LogP contribution is 2.27. The second-order valence-electron chi connectivity index (χ2n) is 7.83. The van der Waals surface area contributed by atoms with Crippen LogP contribution in [0.25, 0.3) is 22.2 Å². The maximum atomic E-state index is 13.4. The second-order valence-corrected chi connectivity index (χ2v) is 8.77. The first-order valence-electron chi connectivity index (χ1n) is 10.6. The summed E-state index contributed by atoms with van der Waals surface area (Å²) in [5.41, 5.74) is 1.46. The Hall–Kier alpha value is -3.03. The van der Waals surface area contributed by atoms with E-state index in [-0.39, 0.29) is 23.5 Å². The molecule has 1 atom stereocenters. The molecule has 0 spiro atoms. The van der Waals surface area contributed by atoms with E-state index in [1.54, 1.807) is 12.1 Å². The third kappa shape index (κ3) is 4.45. The lowest BCUT2D eigenvalue weighted by atomic mass is 10.1. The minimum Gasteiger partial charge on any atom is -0.376 e. The van der Waals surface area contributed by atoms with Crippen LogP contribution in [0, 0.1) is 5.82 Å². The Labute approximate surface area is 189 Å². The zero-order chi connectivity index (χ0) is 21.9. The number of hydrogen-bond donors (Lipinski definition) is 0. The third-order valence-corrected chi connectivity index (χ3v) is 6.60. The summed E-state index contributed by atoms with van der Waals surface area (Å²) in [5.74, 6) is 0.650. The molecule has 2 heterocycles. The molecule has 0 bridgehead atoms. The molecule has 32 heavy (non-hydrogen) atoms. The van der Waals surface area contributed by atoms with Crippen LogP contribution in [0.5, 0.6) is 0 Å². The van der Waals surface area contributed by atoms with E-state index in [9.17, 15) is 9.18 Å². The zero-order valence-electron chi connectivity index (χ0n) is 17.4. The quantitative estimate of drug-likeness (QED) is 0.281. The van der Waals surface area contributed by atoms with Gasteiger partial charge in [-0.25, -0.2) is 4.39 Å². The van der Waals surface area contributed by atoms with E-state index in [4.69, 9.17) is 4.74 Å². The standard InChI is InChI=1S/C25H22FN3O2S/c26-21-11-9-18(10-12-21)24-27-28-25(29(24)15-22-6-3-13-31-22)32-16-23(30)20-8-7-17-4-1-2-5-19(17)14-20/h1-2,4-5,7-12,14,22H,3,6,13,15-16H2/t22-/m1/s1. The average Bonchev–Trinajstić information content (AvgIpc) is 3.48. The van der Waals surface area contributed by atoms with Crippen molar-refractivity contribution in [1.82, 2.24) is 14.8 Å². The van der Waals surface area contributed by atoms with Gasteiger partial charge in [-0.2, -0.15) is 0 Å². The fourth-order valence-corrected chi connectivity index (χ4v) is 4.78. The minimum atomic E-state index is -0.297. The predicted molar refractivity (Wildman–Crippen MR) is 123 cm³/mol. The van der Waals surface area contributed by atoms with Crippen LogP contribution in [0.1, 0.15) is 23.2 Å². The maximum absolute atomic E-state index is 13.4. The summed E-state index contributed by atoms with van der Waals surface area (Å²) < 4.78 is 21.2. The summed E-state index contributed by atoms with van der Waals surface area (Å²) in [6.45, 7) is 1.35. The second kappa shape index (κ2) is 9.22. The molecule has 5 rings (SSSR count). The van der Waals surface area contributed by atoms with Crippen molar-refractivity contribution in [2.24, 2.45) is 0 Å². The Morgan fingerprint density at radius 3 is 2.66 bits per heavy atom. The van der Waals surface area contributed by atoms with Gasteiger partial charge in [-0.1, -0.05) is 48.2 Å². The Bertz CT molecular complexity index is 1250. The number of Topliss-reactive ketones (excluding diaryl/α,β-unsaturated/α-hetero) is 1. The summed E-state index contributed by atoms with van der Waals surface area (Å²) in [6, 6.07) is 20.0. The van der Waals surface area contributed by atoms with Crippen LogP contribution in [0.3, 0.4) is 0 Å². The molecule has 4 aromatic rings. The highest BCUT2D eigenvalue weighted by atomic mass is 32.2. The van der Waals surface area contributed by atoms with Gasteiger partial charge in [-0.05, 0) is 53.9 Å². The number of rotatable bonds is 7. The molecule has 0 unspecified atom stereocenters. The fraction of sp³-hybridized carbons (Fsp3) is 0.240. The van der Waals surface area contributed by atoms with Gasteiger partial charge in [-0.3, -0.25) is 9.36 Å². The van der Waals surface area contributed by atoms with E-state index in [1.807, 2.05) is 47.0 Å². The summed E-state index contributed by atoms with van der Waals surface area (Å²) >= 11 is 1.37. The molecular formula is C25H22FN3O2S. The van der Waals surface area contributed by atoms with E-state index in [1.165, 1.54) is 23.9 Å². The van der Waals surface area contributed by atoms with E-state index in [0.717, 1.165) is 35.8 Å². The SMILES string of the molecule is O=C(CSc1nnc(-c2ccc(F)cc2)n1C[C@H]1CCCO1)c1ccc2ccccc2c1. The zero-order valence-corrected chi connectivity index (χ0v) is 18.2. The lowest BCUT2D eigenvalue weighted by Gasteiger charge is -2.14. The van der Waals surface area contributed by atoms with Gasteiger partial charge in [0, 0.05) is 17.7 Å². The largest absolute Gasteiger partial charge is 0.376 e. The molecule has 1 aromatic heterocycles. The molecule has 162 valence electrons. The average molecular weight is 448 g/mol. The van der Waals surface area contributed by atoms with Gasteiger partial charge in [0.05, 0.1) is 18.4 Å². The van der Waals surface area contributed by atoms with Crippen molar-refractivity contribution < 1.29 is 13.9 Å². The van der Waals surface area contributed by atoms with Crippen molar-refractivity contribution in [1.29, 1.82) is 0 Å². The first-order valence-corrected chi connectivity index (χ1v) is 11.6. The van der Waals surface area contributed by atoms with Gasteiger partial charge in [0.1, 0.15) is 5.82 Å². The predicted octanol–water partition coefficient (Wildman–Crippen LogP) is 5.39. The number of benzene rings is 3. The van der Waals surface area contributed by atoms with E-state index >= 15 is 0 Å². The maximum Gasteiger partial charge on any atom is 0.192 e. The summed E-state index contributed by atoms with van der Waals surface area (Å²) in [5, 5.41) is 11.5. The first kappa shape index (κ1) is 20.8. The smallest absolute Gasteiger partial charge is 0.192 e. The molecule has 0 aliphatic carbocycles. The van der Waals surface area contributed by atoms with Crippen LogP contribution in [0.15, 0.2) is 71.9 Å². The molecule has 1 aliphatic rings. The number of fused-ring (bicyclic) bond motifs is 1. The monoisotopic (exact) mass is 447 g/mol. The first-order chi connectivity index (χ1) is 15.7. The van der Waals surface area contributed by atoms with Crippen molar-refractivity contribution >= 4 is 28.3 Å². The number of hydrogen-bond acceptors (Lipinski definition) is 5. The lowest BCUT2D eigenvalue weighted by molar-refractivity contribution is 0.0953. The molecule has 1 aliphatic heterocycles. The Kier molecular flexibility index (Phi) is 6.01. The van der Waals surface area contributed by atoms with Gasteiger partial charge >= 0.3 is 0 Å². The van der Waals surface area contributed by atoms with Crippen molar-refractivity contribution in [3.63, 3.8) is 0 Å². The number of ether oxygens (including phenoxy) is 1. The summed E-state index contributed by atoms with van der Waals surface area (Å²) in [7, 11) is 0.